The highest BCUT2D eigenvalue weighted by Crippen LogP contribution is 2.36. The van der Waals surface area contributed by atoms with Crippen molar-refractivity contribution in [1.29, 1.82) is 0 Å². The summed E-state index contributed by atoms with van der Waals surface area (Å²) in [5, 5.41) is 2.99. The maximum absolute atomic E-state index is 12.3. The lowest BCUT2D eigenvalue weighted by Gasteiger charge is -2.26. The quantitative estimate of drug-likeness (QED) is 0.586. The normalized spacial score (nSPS) is 16.4. The zero-order chi connectivity index (χ0) is 23.7. The van der Waals surface area contributed by atoms with E-state index in [2.05, 4.69) is 53.4 Å². The number of aliphatic imine (C=N–C) groups is 1. The first-order valence-corrected chi connectivity index (χ1v) is 11.7. The van der Waals surface area contributed by atoms with Crippen molar-refractivity contribution < 1.29 is 9.53 Å². The van der Waals surface area contributed by atoms with Gasteiger partial charge in [0.1, 0.15) is 5.75 Å². The van der Waals surface area contributed by atoms with E-state index in [1.54, 1.807) is 6.20 Å². The number of fused-ring (bicyclic) bond motifs is 2. The fourth-order valence-electron chi connectivity index (χ4n) is 4.47. The number of nitrogens with two attached hydrogens (primary N) is 1. The van der Waals surface area contributed by atoms with Gasteiger partial charge >= 0.3 is 0 Å². The van der Waals surface area contributed by atoms with Gasteiger partial charge in [0.05, 0.1) is 24.4 Å². The molecule has 7 nitrogen and oxygen atoms in total. The summed E-state index contributed by atoms with van der Waals surface area (Å²) >= 11 is 0. The zero-order valence-electron chi connectivity index (χ0n) is 19.5. The van der Waals surface area contributed by atoms with Crippen LogP contribution in [0, 0.1) is 11.8 Å². The number of hydrogen-bond acceptors (Lipinski definition) is 6. The smallest absolute Gasteiger partial charge is 0.224 e. The summed E-state index contributed by atoms with van der Waals surface area (Å²) < 4.78 is 6.08. The number of carbonyl (C=O) groups excluding carboxylic acids is 1. The highest BCUT2D eigenvalue weighted by Gasteiger charge is 2.28. The molecule has 0 saturated heterocycles. The van der Waals surface area contributed by atoms with E-state index in [-0.39, 0.29) is 17.8 Å². The van der Waals surface area contributed by atoms with E-state index < -0.39 is 0 Å². The van der Waals surface area contributed by atoms with Gasteiger partial charge in [-0.2, -0.15) is 0 Å². The van der Waals surface area contributed by atoms with Crippen LogP contribution >= 0.6 is 0 Å². The van der Waals surface area contributed by atoms with Crippen LogP contribution < -0.4 is 15.8 Å². The molecule has 7 heteroatoms. The summed E-state index contributed by atoms with van der Waals surface area (Å²) in [7, 11) is 0. The summed E-state index contributed by atoms with van der Waals surface area (Å²) in [6, 6.07) is 14.2. The van der Waals surface area contributed by atoms with E-state index in [0.29, 0.717) is 25.5 Å². The van der Waals surface area contributed by atoms with Gasteiger partial charge in [0.15, 0.2) is 0 Å². The lowest BCUT2D eigenvalue weighted by atomic mass is 9.89. The number of nitrogen functional groups attached to an aromatic ring is 1. The second-order valence-corrected chi connectivity index (χ2v) is 9.45. The first-order chi connectivity index (χ1) is 16.4. The van der Waals surface area contributed by atoms with Gasteiger partial charge in [-0.05, 0) is 47.2 Å². The molecule has 1 amide bonds. The molecule has 1 atom stereocenters. The van der Waals surface area contributed by atoms with Gasteiger partial charge in [-0.3, -0.25) is 9.79 Å². The molecular formula is C27H29N5O2. The average molecular weight is 456 g/mol. The number of carbonyl (C=O) groups is 1. The minimum atomic E-state index is 0.0544. The fraction of sp³-hybridized carbons (Fsp3) is 0.333. The highest BCUT2D eigenvalue weighted by atomic mass is 16.5. The molecule has 3 aromatic rings. The van der Waals surface area contributed by atoms with Gasteiger partial charge in [0.25, 0.3) is 0 Å². The molecular weight excluding hydrogens is 426 g/mol. The van der Waals surface area contributed by atoms with Gasteiger partial charge < -0.3 is 15.8 Å². The van der Waals surface area contributed by atoms with E-state index in [4.69, 9.17) is 15.5 Å². The van der Waals surface area contributed by atoms with Crippen LogP contribution in [-0.2, 0) is 24.1 Å². The molecule has 0 fully saturated rings. The molecule has 34 heavy (non-hydrogen) atoms. The van der Waals surface area contributed by atoms with Crippen molar-refractivity contribution in [1.82, 2.24) is 15.3 Å². The lowest BCUT2D eigenvalue weighted by Crippen LogP contribution is -2.29. The van der Waals surface area contributed by atoms with Gasteiger partial charge in [-0.25, -0.2) is 9.97 Å². The summed E-state index contributed by atoms with van der Waals surface area (Å²) in [6.45, 7) is 5.49. The van der Waals surface area contributed by atoms with Crippen molar-refractivity contribution in [2.45, 2.75) is 33.1 Å². The Balaban J connectivity index is 1.30. The molecule has 0 saturated carbocycles. The Labute approximate surface area is 199 Å². The third-order valence-corrected chi connectivity index (χ3v) is 6.27. The minimum Gasteiger partial charge on any atom is -0.493 e. The number of nitrogens with zero attached hydrogens (tertiary/aromatic N) is 3. The molecule has 2 aromatic carbocycles. The number of benzene rings is 2. The Morgan fingerprint density at radius 2 is 2.06 bits per heavy atom. The monoisotopic (exact) mass is 455 g/mol. The molecule has 5 rings (SSSR count). The summed E-state index contributed by atoms with van der Waals surface area (Å²) in [6.07, 6.45) is 3.73. The second-order valence-electron chi connectivity index (χ2n) is 9.45. The Morgan fingerprint density at radius 1 is 1.18 bits per heavy atom. The molecule has 1 unspecified atom stereocenters. The topological polar surface area (TPSA) is 102 Å². The van der Waals surface area contributed by atoms with Crippen LogP contribution in [0.5, 0.6) is 5.75 Å². The minimum absolute atomic E-state index is 0.0544. The van der Waals surface area contributed by atoms with Crippen molar-refractivity contribution >= 4 is 23.3 Å². The Morgan fingerprint density at radius 3 is 2.88 bits per heavy atom. The van der Waals surface area contributed by atoms with Crippen LogP contribution in [0.2, 0.25) is 0 Å². The number of ether oxygens (including phenoxy) is 1. The van der Waals surface area contributed by atoms with Gasteiger partial charge in [-0.1, -0.05) is 38.1 Å². The Bertz CT molecular complexity index is 1270. The number of hydrogen-bond donors (Lipinski definition) is 2. The molecule has 2 aliphatic rings. The predicted octanol–water partition coefficient (Wildman–Crippen LogP) is 3.92. The van der Waals surface area contributed by atoms with Crippen LogP contribution in [0.1, 0.15) is 30.5 Å². The maximum atomic E-state index is 12.3. The summed E-state index contributed by atoms with van der Waals surface area (Å²) in [4.78, 5) is 25.5. The fourth-order valence-corrected chi connectivity index (χ4v) is 4.47. The van der Waals surface area contributed by atoms with E-state index >= 15 is 0 Å². The molecule has 1 aromatic heterocycles. The van der Waals surface area contributed by atoms with Crippen LogP contribution in [0.4, 0.5) is 11.6 Å². The lowest BCUT2D eigenvalue weighted by molar-refractivity contribution is -0.120. The standard InChI is InChI=1S/C27H29N5O2/c1-16(2)14-30-26(33)10-17-3-6-25-20(9-17)11-21(15-34-25)24-13-19-5-4-18(12-23(19)31-24)22-7-8-29-27(28)32-22/h3-9,12,16,21H,10-11,13-15H2,1-2H3,(H,30,33)(H2,28,29,32). The molecule has 3 heterocycles. The third kappa shape index (κ3) is 4.78. The van der Waals surface area contributed by atoms with Crippen molar-refractivity contribution in [3.63, 3.8) is 0 Å². The van der Waals surface area contributed by atoms with Crippen LogP contribution in [0.3, 0.4) is 0 Å². The number of rotatable bonds is 6. The van der Waals surface area contributed by atoms with E-state index in [1.807, 2.05) is 18.2 Å². The van der Waals surface area contributed by atoms with E-state index in [9.17, 15) is 4.79 Å². The highest BCUT2D eigenvalue weighted by molar-refractivity contribution is 5.96. The van der Waals surface area contributed by atoms with Crippen LogP contribution in [-0.4, -0.2) is 34.7 Å². The van der Waals surface area contributed by atoms with Gasteiger partial charge in [-0.15, -0.1) is 0 Å². The summed E-state index contributed by atoms with van der Waals surface area (Å²) in [5.41, 5.74) is 13.0. The number of aromatic nitrogens is 2. The molecule has 2 aliphatic heterocycles. The van der Waals surface area contributed by atoms with Crippen molar-refractivity contribution in [2.75, 3.05) is 18.9 Å². The molecule has 0 bridgehead atoms. The molecule has 0 aliphatic carbocycles. The number of amides is 1. The van der Waals surface area contributed by atoms with Crippen molar-refractivity contribution in [2.24, 2.45) is 16.8 Å². The Kier molecular flexibility index (Phi) is 6.01. The molecule has 0 spiro atoms. The van der Waals surface area contributed by atoms with Crippen molar-refractivity contribution in [3.8, 4) is 17.0 Å². The molecule has 0 radical (unpaired) electrons. The van der Waals surface area contributed by atoms with Crippen LogP contribution in [0.25, 0.3) is 11.3 Å². The van der Waals surface area contributed by atoms with Gasteiger partial charge in [0.2, 0.25) is 11.9 Å². The van der Waals surface area contributed by atoms with Crippen molar-refractivity contribution in [3.05, 3.63) is 65.4 Å². The average Bonchev–Trinajstić information content (AvgIpc) is 3.26. The van der Waals surface area contributed by atoms with Gasteiger partial charge in [0, 0.05) is 36.4 Å². The van der Waals surface area contributed by atoms with E-state index in [0.717, 1.165) is 52.4 Å². The zero-order valence-corrected chi connectivity index (χ0v) is 19.5. The number of nitrogens with one attached hydrogen (secondary N) is 1. The second kappa shape index (κ2) is 9.25. The predicted molar refractivity (Wildman–Crippen MR) is 133 cm³/mol. The number of anilines is 1. The van der Waals surface area contributed by atoms with E-state index in [1.165, 1.54) is 5.56 Å². The first kappa shape index (κ1) is 22.1. The summed E-state index contributed by atoms with van der Waals surface area (Å²) in [5.74, 6) is 1.87. The Hall–Kier alpha value is -3.74. The molecule has 3 N–H and O–H groups in total. The maximum Gasteiger partial charge on any atom is 0.224 e. The molecule has 174 valence electrons. The first-order valence-electron chi connectivity index (χ1n) is 11.7. The van der Waals surface area contributed by atoms with Crippen LogP contribution in [0.15, 0.2) is 53.7 Å². The largest absolute Gasteiger partial charge is 0.493 e. The third-order valence-electron chi connectivity index (χ3n) is 6.27. The SMILES string of the molecule is CC(C)CNC(=O)Cc1ccc2c(c1)CC(C1=Nc3cc(-c4ccnc(N)n4)ccc3C1)CO2.